The summed E-state index contributed by atoms with van der Waals surface area (Å²) in [4.78, 5) is 32.9. The van der Waals surface area contributed by atoms with Gasteiger partial charge in [-0.05, 0) is 30.7 Å². The van der Waals surface area contributed by atoms with E-state index in [0.717, 1.165) is 0 Å². The Morgan fingerprint density at radius 1 is 1.19 bits per heavy atom. The molecule has 0 radical (unpaired) electrons. The summed E-state index contributed by atoms with van der Waals surface area (Å²) < 4.78 is 5.15. The Hall–Kier alpha value is -2.28. The Labute approximate surface area is 125 Å². The molecule has 1 aromatic carbocycles. The molecule has 0 aliphatic carbocycles. The third-order valence-corrected chi connectivity index (χ3v) is 2.72. The number of halogens is 1. The van der Waals surface area contributed by atoms with Gasteiger partial charge in [-0.25, -0.2) is 4.79 Å². The highest BCUT2D eigenvalue weighted by Crippen LogP contribution is 2.15. The zero-order valence-corrected chi connectivity index (χ0v) is 11.7. The largest absolute Gasteiger partial charge is 0.484 e. The summed E-state index contributed by atoms with van der Waals surface area (Å²) in [6, 6.07) is 5.04. The average Bonchev–Trinajstić information content (AvgIpc) is 2.42. The monoisotopic (exact) mass is 315 g/mol. The number of carbonyl (C=O) groups excluding carboxylic acids is 1. The molecule has 0 unspecified atom stereocenters. The van der Waals surface area contributed by atoms with E-state index in [1.807, 2.05) is 0 Å². The van der Waals surface area contributed by atoms with Crippen LogP contribution in [0.15, 0.2) is 24.3 Å². The molecule has 0 saturated carbocycles. The van der Waals surface area contributed by atoms with Crippen LogP contribution in [0.3, 0.4) is 0 Å². The lowest BCUT2D eigenvalue weighted by atomic mass is 10.1. The quantitative estimate of drug-likeness (QED) is 0.663. The maximum Gasteiger partial charge on any atom is 0.326 e. The lowest BCUT2D eigenvalue weighted by Crippen LogP contribution is -2.43. The van der Waals surface area contributed by atoms with Gasteiger partial charge in [0.2, 0.25) is 0 Å². The molecule has 0 spiro atoms. The van der Waals surface area contributed by atoms with Gasteiger partial charge in [0.25, 0.3) is 5.91 Å². The van der Waals surface area contributed by atoms with Gasteiger partial charge in [0.05, 0.1) is 0 Å². The second-order valence-corrected chi connectivity index (χ2v) is 4.57. The van der Waals surface area contributed by atoms with Crippen LogP contribution in [-0.2, 0) is 14.4 Å². The second kappa shape index (κ2) is 8.11. The first kappa shape index (κ1) is 16.8. The SMILES string of the molecule is O=C(O)CC[C@H](NC(=O)COc1ccc(Cl)cc1)C(=O)O. The van der Waals surface area contributed by atoms with Gasteiger partial charge in [0, 0.05) is 11.4 Å². The number of carboxylic acids is 2. The maximum absolute atomic E-state index is 11.6. The molecule has 0 aromatic heterocycles. The predicted molar refractivity (Wildman–Crippen MR) is 73.4 cm³/mol. The summed E-state index contributed by atoms with van der Waals surface area (Å²) in [6.07, 6.45) is -0.549. The van der Waals surface area contributed by atoms with Gasteiger partial charge >= 0.3 is 11.9 Å². The number of aliphatic carboxylic acids is 2. The first-order chi connectivity index (χ1) is 9.88. The molecule has 1 rings (SSSR count). The van der Waals surface area contributed by atoms with E-state index in [4.69, 9.17) is 26.6 Å². The van der Waals surface area contributed by atoms with E-state index in [0.29, 0.717) is 10.8 Å². The molecule has 1 amide bonds. The van der Waals surface area contributed by atoms with Gasteiger partial charge in [-0.3, -0.25) is 9.59 Å². The van der Waals surface area contributed by atoms with Crippen molar-refractivity contribution in [2.45, 2.75) is 18.9 Å². The van der Waals surface area contributed by atoms with Crippen LogP contribution in [0.2, 0.25) is 5.02 Å². The fourth-order valence-corrected chi connectivity index (χ4v) is 1.57. The van der Waals surface area contributed by atoms with E-state index < -0.39 is 23.9 Å². The predicted octanol–water partition coefficient (Wildman–Crippen LogP) is 1.15. The topological polar surface area (TPSA) is 113 Å². The lowest BCUT2D eigenvalue weighted by molar-refractivity contribution is -0.143. The molecular weight excluding hydrogens is 302 g/mol. The van der Waals surface area contributed by atoms with Crippen molar-refractivity contribution < 1.29 is 29.3 Å². The van der Waals surface area contributed by atoms with Crippen molar-refractivity contribution in [1.29, 1.82) is 0 Å². The highest BCUT2D eigenvalue weighted by molar-refractivity contribution is 6.30. The fourth-order valence-electron chi connectivity index (χ4n) is 1.44. The number of ether oxygens (including phenoxy) is 1. The van der Waals surface area contributed by atoms with Crippen LogP contribution in [0.1, 0.15) is 12.8 Å². The first-order valence-electron chi connectivity index (χ1n) is 6.01. The minimum atomic E-state index is -1.30. The molecule has 1 atom stereocenters. The van der Waals surface area contributed by atoms with E-state index in [1.54, 1.807) is 24.3 Å². The van der Waals surface area contributed by atoms with Crippen molar-refractivity contribution in [3.05, 3.63) is 29.3 Å². The number of hydrogen-bond acceptors (Lipinski definition) is 4. The van der Waals surface area contributed by atoms with E-state index in [2.05, 4.69) is 5.32 Å². The van der Waals surface area contributed by atoms with Gasteiger partial charge in [-0.1, -0.05) is 11.6 Å². The van der Waals surface area contributed by atoms with Crippen molar-refractivity contribution in [3.63, 3.8) is 0 Å². The van der Waals surface area contributed by atoms with Crippen molar-refractivity contribution in [3.8, 4) is 5.75 Å². The number of amides is 1. The Kier molecular flexibility index (Phi) is 6.48. The van der Waals surface area contributed by atoms with Gasteiger partial charge in [0.15, 0.2) is 6.61 Å². The van der Waals surface area contributed by atoms with E-state index in [-0.39, 0.29) is 19.4 Å². The number of hydrogen-bond donors (Lipinski definition) is 3. The van der Waals surface area contributed by atoms with E-state index in [9.17, 15) is 14.4 Å². The van der Waals surface area contributed by atoms with Gasteiger partial charge in [0.1, 0.15) is 11.8 Å². The summed E-state index contributed by atoms with van der Waals surface area (Å²) >= 11 is 5.69. The van der Waals surface area contributed by atoms with Crippen LogP contribution in [0.4, 0.5) is 0 Å². The minimum Gasteiger partial charge on any atom is -0.484 e. The molecule has 7 nitrogen and oxygen atoms in total. The summed E-state index contributed by atoms with van der Waals surface area (Å²) in [5.74, 6) is -2.67. The molecule has 0 saturated heterocycles. The van der Waals surface area contributed by atoms with Crippen molar-refractivity contribution >= 4 is 29.4 Å². The van der Waals surface area contributed by atoms with Gasteiger partial charge in [-0.15, -0.1) is 0 Å². The molecule has 1 aromatic rings. The third-order valence-electron chi connectivity index (χ3n) is 2.46. The Balaban J connectivity index is 2.44. The Bertz CT molecular complexity index is 516. The zero-order valence-electron chi connectivity index (χ0n) is 10.9. The molecule has 0 aliphatic rings. The van der Waals surface area contributed by atoms with Crippen LogP contribution < -0.4 is 10.1 Å². The third kappa shape index (κ3) is 6.62. The standard InChI is InChI=1S/C13H14ClNO6/c14-8-1-3-9(4-2-8)21-7-11(16)15-10(13(19)20)5-6-12(17)18/h1-4,10H,5-7H2,(H,15,16)(H,17,18)(H,19,20)/t10-/m0/s1. The molecule has 21 heavy (non-hydrogen) atoms. The maximum atomic E-state index is 11.6. The Morgan fingerprint density at radius 3 is 2.33 bits per heavy atom. The van der Waals surface area contributed by atoms with Gasteiger partial charge in [-0.2, -0.15) is 0 Å². The second-order valence-electron chi connectivity index (χ2n) is 4.13. The van der Waals surface area contributed by atoms with Crippen LogP contribution in [0.25, 0.3) is 0 Å². The highest BCUT2D eigenvalue weighted by Gasteiger charge is 2.21. The van der Waals surface area contributed by atoms with E-state index >= 15 is 0 Å². The minimum absolute atomic E-state index is 0.197. The molecule has 0 bridgehead atoms. The molecule has 0 heterocycles. The fraction of sp³-hybridized carbons (Fsp3) is 0.308. The van der Waals surface area contributed by atoms with Crippen LogP contribution in [0.5, 0.6) is 5.75 Å². The molecule has 8 heteroatoms. The molecular formula is C13H14ClNO6. The first-order valence-corrected chi connectivity index (χ1v) is 6.38. The van der Waals surface area contributed by atoms with E-state index in [1.165, 1.54) is 0 Å². The number of nitrogens with one attached hydrogen (secondary N) is 1. The molecule has 0 fully saturated rings. The summed E-state index contributed by atoms with van der Waals surface area (Å²) in [7, 11) is 0. The van der Waals surface area contributed by atoms with Crippen LogP contribution in [0, 0.1) is 0 Å². The van der Waals surface area contributed by atoms with Crippen LogP contribution >= 0.6 is 11.6 Å². The Morgan fingerprint density at radius 2 is 1.81 bits per heavy atom. The normalized spacial score (nSPS) is 11.5. The number of benzene rings is 1. The summed E-state index contributed by atoms with van der Waals surface area (Å²) in [5, 5.41) is 20.1. The summed E-state index contributed by atoms with van der Waals surface area (Å²) in [5.41, 5.74) is 0. The molecule has 114 valence electrons. The lowest BCUT2D eigenvalue weighted by Gasteiger charge is -2.13. The van der Waals surface area contributed by atoms with Crippen molar-refractivity contribution in [2.75, 3.05) is 6.61 Å². The molecule has 0 aliphatic heterocycles. The van der Waals surface area contributed by atoms with Crippen molar-refractivity contribution in [1.82, 2.24) is 5.32 Å². The van der Waals surface area contributed by atoms with Crippen molar-refractivity contribution in [2.24, 2.45) is 0 Å². The number of carbonyl (C=O) groups is 3. The smallest absolute Gasteiger partial charge is 0.326 e. The molecule has 3 N–H and O–H groups in total. The highest BCUT2D eigenvalue weighted by atomic mass is 35.5. The average molecular weight is 316 g/mol. The number of carboxylic acid groups (broad SMARTS) is 2. The summed E-state index contributed by atoms with van der Waals surface area (Å²) in [6.45, 7) is -0.377. The zero-order chi connectivity index (χ0) is 15.8. The van der Waals surface area contributed by atoms with Crippen LogP contribution in [-0.4, -0.2) is 40.7 Å². The van der Waals surface area contributed by atoms with Gasteiger partial charge < -0.3 is 20.3 Å². The number of rotatable bonds is 8.